The van der Waals surface area contributed by atoms with Gasteiger partial charge >= 0.3 is 0 Å². The summed E-state index contributed by atoms with van der Waals surface area (Å²) in [6, 6.07) is 22.9. The van der Waals surface area contributed by atoms with Gasteiger partial charge in [-0.15, -0.1) is 0 Å². The fourth-order valence-corrected chi connectivity index (χ4v) is 2.23. The van der Waals surface area contributed by atoms with Crippen molar-refractivity contribution in [3.63, 3.8) is 0 Å². The fraction of sp³-hybridized carbons (Fsp3) is 0. The molecule has 0 aliphatic heterocycles. The first-order chi connectivity index (χ1) is 12.3. The topological polar surface area (TPSA) is 54.4 Å². The molecule has 4 nitrogen and oxygen atoms in total. The second-order valence-electron chi connectivity index (χ2n) is 5.28. The number of carbonyl (C=O) groups is 1. The van der Waals surface area contributed by atoms with Crippen LogP contribution in [-0.2, 0) is 0 Å². The van der Waals surface area contributed by atoms with Crippen LogP contribution >= 0.6 is 0 Å². The zero-order chi connectivity index (χ0) is 17.3. The van der Waals surface area contributed by atoms with E-state index in [-0.39, 0.29) is 5.91 Å². The van der Waals surface area contributed by atoms with E-state index >= 15 is 0 Å². The summed E-state index contributed by atoms with van der Waals surface area (Å²) < 4.78 is 0. The van der Waals surface area contributed by atoms with Crippen molar-refractivity contribution in [3.05, 3.63) is 108 Å². The third-order valence-corrected chi connectivity index (χ3v) is 3.52. The maximum absolute atomic E-state index is 12.2. The third-order valence-electron chi connectivity index (χ3n) is 3.52. The van der Waals surface area contributed by atoms with Gasteiger partial charge in [-0.3, -0.25) is 9.78 Å². The minimum atomic E-state index is -0.274. The highest BCUT2D eigenvalue weighted by atomic mass is 16.2. The molecule has 0 aliphatic rings. The molecule has 1 aromatic heterocycles. The Bertz CT molecular complexity index is 873. The number of rotatable bonds is 5. The molecule has 0 spiro atoms. The Labute approximate surface area is 146 Å². The summed E-state index contributed by atoms with van der Waals surface area (Å²) in [6.45, 7) is 0. The van der Waals surface area contributed by atoms with Crippen molar-refractivity contribution in [1.82, 2.24) is 10.4 Å². The molecule has 4 heteroatoms. The molecule has 0 atom stereocenters. The van der Waals surface area contributed by atoms with E-state index in [0.29, 0.717) is 11.3 Å². The smallest absolute Gasteiger partial charge is 0.267 e. The van der Waals surface area contributed by atoms with Crippen LogP contribution in [0.4, 0.5) is 0 Å². The molecule has 0 unspecified atom stereocenters. The minimum absolute atomic E-state index is 0.274. The zero-order valence-electron chi connectivity index (χ0n) is 13.5. The first kappa shape index (κ1) is 16.3. The predicted octanol–water partition coefficient (Wildman–Crippen LogP) is 3.93. The summed E-state index contributed by atoms with van der Waals surface area (Å²) in [5, 5.41) is 4.30. The number of nitrogens with one attached hydrogen (secondary N) is 1. The maximum atomic E-state index is 12.2. The summed E-state index contributed by atoms with van der Waals surface area (Å²) in [7, 11) is 0. The lowest BCUT2D eigenvalue weighted by molar-refractivity contribution is 0.0955. The van der Waals surface area contributed by atoms with Gasteiger partial charge in [0.05, 0.1) is 5.71 Å². The molecule has 122 valence electrons. The second kappa shape index (κ2) is 8.36. The highest BCUT2D eigenvalue weighted by Crippen LogP contribution is 2.07. The van der Waals surface area contributed by atoms with Crippen LogP contribution in [0.5, 0.6) is 0 Å². The SMILES string of the molecule is O=C(N/N=C(/C=C/c1ccccc1)c1ccccc1)c1ccncc1. The van der Waals surface area contributed by atoms with Gasteiger partial charge in [0.2, 0.25) is 0 Å². The molecule has 0 bridgehead atoms. The summed E-state index contributed by atoms with van der Waals surface area (Å²) in [6.07, 6.45) is 7.00. The van der Waals surface area contributed by atoms with Crippen molar-refractivity contribution in [2.45, 2.75) is 0 Å². The molecule has 1 amide bonds. The van der Waals surface area contributed by atoms with Crippen LogP contribution in [0.1, 0.15) is 21.5 Å². The third kappa shape index (κ3) is 4.72. The van der Waals surface area contributed by atoms with Crippen molar-refractivity contribution in [1.29, 1.82) is 0 Å². The number of hydrazone groups is 1. The van der Waals surface area contributed by atoms with Crippen molar-refractivity contribution < 1.29 is 4.79 Å². The first-order valence-corrected chi connectivity index (χ1v) is 7.89. The number of aromatic nitrogens is 1. The molecule has 3 aromatic rings. The van der Waals surface area contributed by atoms with Crippen LogP contribution in [0.25, 0.3) is 6.08 Å². The largest absolute Gasteiger partial charge is 0.271 e. The van der Waals surface area contributed by atoms with Crippen molar-refractivity contribution >= 4 is 17.7 Å². The molecule has 0 saturated heterocycles. The van der Waals surface area contributed by atoms with Gasteiger partial charge in [0.25, 0.3) is 5.91 Å². The van der Waals surface area contributed by atoms with Crippen LogP contribution < -0.4 is 5.43 Å². The van der Waals surface area contributed by atoms with Crippen LogP contribution in [0, 0.1) is 0 Å². The number of amides is 1. The first-order valence-electron chi connectivity index (χ1n) is 7.89. The molecule has 1 heterocycles. The molecular formula is C21H17N3O. The molecule has 0 aliphatic carbocycles. The average Bonchev–Trinajstić information content (AvgIpc) is 2.70. The highest BCUT2D eigenvalue weighted by molar-refractivity contribution is 6.11. The Morgan fingerprint density at radius 3 is 2.16 bits per heavy atom. The Kier molecular flexibility index (Phi) is 5.46. The standard InChI is InChI=1S/C21H17N3O/c25-21(19-13-15-22-16-14-19)24-23-20(18-9-5-2-6-10-18)12-11-17-7-3-1-4-8-17/h1-16H,(H,24,25)/b12-11+,23-20-. The molecule has 3 rings (SSSR count). The lowest BCUT2D eigenvalue weighted by atomic mass is 10.1. The molecule has 0 saturated carbocycles. The van der Waals surface area contributed by atoms with E-state index in [9.17, 15) is 4.79 Å². The molecule has 1 N–H and O–H groups in total. The lowest BCUT2D eigenvalue weighted by Gasteiger charge is -2.04. The highest BCUT2D eigenvalue weighted by Gasteiger charge is 2.05. The number of pyridine rings is 1. The number of benzene rings is 2. The fourth-order valence-electron chi connectivity index (χ4n) is 2.23. The summed E-state index contributed by atoms with van der Waals surface area (Å²) in [4.78, 5) is 16.1. The van der Waals surface area contributed by atoms with E-state index < -0.39 is 0 Å². The number of carbonyl (C=O) groups excluding carboxylic acids is 1. The number of nitrogens with zero attached hydrogens (tertiary/aromatic N) is 2. The van der Waals surface area contributed by atoms with Gasteiger partial charge in [-0.1, -0.05) is 66.7 Å². The van der Waals surface area contributed by atoms with E-state index in [1.807, 2.05) is 72.8 Å². The van der Waals surface area contributed by atoms with Gasteiger partial charge in [-0.2, -0.15) is 5.10 Å². The van der Waals surface area contributed by atoms with E-state index in [1.54, 1.807) is 24.5 Å². The lowest BCUT2D eigenvalue weighted by Crippen LogP contribution is -2.19. The Morgan fingerprint density at radius 1 is 0.840 bits per heavy atom. The van der Waals surface area contributed by atoms with E-state index in [2.05, 4.69) is 15.5 Å². The Balaban J connectivity index is 1.84. The molecule has 0 radical (unpaired) electrons. The van der Waals surface area contributed by atoms with Crippen LogP contribution in [0.3, 0.4) is 0 Å². The van der Waals surface area contributed by atoms with E-state index in [0.717, 1.165) is 11.1 Å². The molecule has 25 heavy (non-hydrogen) atoms. The summed E-state index contributed by atoms with van der Waals surface area (Å²) in [5.74, 6) is -0.274. The van der Waals surface area contributed by atoms with E-state index in [1.165, 1.54) is 0 Å². The minimum Gasteiger partial charge on any atom is -0.267 e. The quantitative estimate of drug-likeness (QED) is 0.570. The monoisotopic (exact) mass is 327 g/mol. The van der Waals surface area contributed by atoms with Gasteiger partial charge < -0.3 is 0 Å². The molecule has 0 fully saturated rings. The van der Waals surface area contributed by atoms with Gasteiger partial charge in [0.1, 0.15) is 0 Å². The van der Waals surface area contributed by atoms with Gasteiger partial charge in [0.15, 0.2) is 0 Å². The molecule has 2 aromatic carbocycles. The predicted molar refractivity (Wildman–Crippen MR) is 100 cm³/mol. The van der Waals surface area contributed by atoms with Crippen LogP contribution in [-0.4, -0.2) is 16.6 Å². The van der Waals surface area contributed by atoms with Gasteiger partial charge in [-0.25, -0.2) is 5.43 Å². The van der Waals surface area contributed by atoms with Gasteiger partial charge in [0, 0.05) is 23.5 Å². The number of allylic oxidation sites excluding steroid dienone is 1. The van der Waals surface area contributed by atoms with Crippen LogP contribution in [0.15, 0.2) is 96.4 Å². The van der Waals surface area contributed by atoms with Crippen LogP contribution in [0.2, 0.25) is 0 Å². The molecular weight excluding hydrogens is 310 g/mol. The average molecular weight is 327 g/mol. The normalized spacial score (nSPS) is 11.4. The summed E-state index contributed by atoms with van der Waals surface area (Å²) in [5.41, 5.74) is 5.77. The second-order valence-corrected chi connectivity index (χ2v) is 5.28. The maximum Gasteiger partial charge on any atom is 0.271 e. The Morgan fingerprint density at radius 2 is 1.48 bits per heavy atom. The number of hydrogen-bond acceptors (Lipinski definition) is 3. The van der Waals surface area contributed by atoms with E-state index in [4.69, 9.17) is 0 Å². The van der Waals surface area contributed by atoms with Crippen molar-refractivity contribution in [2.24, 2.45) is 5.10 Å². The zero-order valence-corrected chi connectivity index (χ0v) is 13.5. The van der Waals surface area contributed by atoms with Gasteiger partial charge in [-0.05, 0) is 23.8 Å². The van der Waals surface area contributed by atoms with Crippen molar-refractivity contribution in [2.75, 3.05) is 0 Å². The summed E-state index contributed by atoms with van der Waals surface area (Å²) >= 11 is 0. The Hall–Kier alpha value is -3.53. The van der Waals surface area contributed by atoms with Crippen molar-refractivity contribution in [3.8, 4) is 0 Å². The number of hydrogen-bond donors (Lipinski definition) is 1.